The topological polar surface area (TPSA) is 128 Å². The predicted molar refractivity (Wildman–Crippen MR) is 128 cm³/mol. The van der Waals surface area contributed by atoms with E-state index in [1.165, 1.54) is 29.3 Å². The lowest BCUT2D eigenvalue weighted by molar-refractivity contribution is -0.168. The number of ether oxygens (including phenoxy) is 1. The van der Waals surface area contributed by atoms with Gasteiger partial charge in [0.2, 0.25) is 0 Å². The number of nitrogens with zero attached hydrogens (tertiary/aromatic N) is 4. The number of nitrogens with one attached hydrogen (secondary N) is 1. The average molecular weight is 524 g/mol. The number of fused-ring (bicyclic) bond motifs is 4. The zero-order chi connectivity index (χ0) is 26.7. The third kappa shape index (κ3) is 6.10. The van der Waals surface area contributed by atoms with Crippen molar-refractivity contribution in [2.75, 3.05) is 41.4 Å². The molecule has 13 heteroatoms. The molecule has 1 saturated heterocycles. The smallest absolute Gasteiger partial charge is 0.391 e. The summed E-state index contributed by atoms with van der Waals surface area (Å²) < 4.78 is 44.3. The van der Waals surface area contributed by atoms with Crippen molar-refractivity contribution in [3.05, 3.63) is 36.2 Å². The first-order chi connectivity index (χ1) is 17.6. The first kappa shape index (κ1) is 26.6. The van der Waals surface area contributed by atoms with Crippen LogP contribution in [-0.4, -0.2) is 76.6 Å². The summed E-state index contributed by atoms with van der Waals surface area (Å²) in [7, 11) is 0. The van der Waals surface area contributed by atoms with E-state index in [1.54, 1.807) is 6.07 Å². The number of hydrogen-bond acceptors (Lipinski definition) is 8. The number of hydrogen-bond donors (Lipinski definition) is 3. The highest BCUT2D eigenvalue weighted by atomic mass is 19.4. The number of alkyl halides is 3. The molecule has 4 rings (SSSR count). The lowest BCUT2D eigenvalue weighted by Gasteiger charge is -2.45. The van der Waals surface area contributed by atoms with Gasteiger partial charge in [-0.25, -0.2) is 14.8 Å². The van der Waals surface area contributed by atoms with E-state index < -0.39 is 43.0 Å². The molecule has 2 aromatic heterocycles. The van der Waals surface area contributed by atoms with Gasteiger partial charge in [0.05, 0.1) is 24.3 Å². The average Bonchev–Trinajstić information content (AvgIpc) is 2.86. The van der Waals surface area contributed by atoms with Gasteiger partial charge in [0, 0.05) is 31.8 Å². The summed E-state index contributed by atoms with van der Waals surface area (Å²) in [6, 6.07) is 5.18. The van der Waals surface area contributed by atoms with E-state index in [9.17, 15) is 27.9 Å². The van der Waals surface area contributed by atoms with Crippen LogP contribution in [0.25, 0.3) is 0 Å². The van der Waals surface area contributed by atoms with E-state index in [-0.39, 0.29) is 30.0 Å². The Morgan fingerprint density at radius 1 is 1.30 bits per heavy atom. The quantitative estimate of drug-likeness (QED) is 0.451. The molecule has 0 aliphatic carbocycles. The van der Waals surface area contributed by atoms with E-state index in [2.05, 4.69) is 15.3 Å². The van der Waals surface area contributed by atoms with Gasteiger partial charge in [-0.1, -0.05) is 6.92 Å². The Bertz CT molecular complexity index is 1150. The molecule has 0 saturated carbocycles. The Morgan fingerprint density at radius 3 is 2.81 bits per heavy atom. The van der Waals surface area contributed by atoms with Gasteiger partial charge < -0.3 is 19.8 Å². The SMILES string of the molecule is C[C@@H](CC(=O)c1ccc2c(n1)N(C(=O)Nc1cc(OC[C@H](O)CO)ccn1)[C@H]1CCCN2C1)C(F)(F)F. The minimum Gasteiger partial charge on any atom is -0.491 e. The Kier molecular flexibility index (Phi) is 7.83. The largest absolute Gasteiger partial charge is 0.491 e. The second kappa shape index (κ2) is 10.9. The van der Waals surface area contributed by atoms with Crippen molar-refractivity contribution in [3.63, 3.8) is 0 Å². The lowest BCUT2D eigenvalue weighted by Crippen LogP contribution is -2.56. The highest BCUT2D eigenvalue weighted by molar-refractivity contribution is 6.05. The van der Waals surface area contributed by atoms with Crippen LogP contribution in [-0.2, 0) is 0 Å². The number of carbonyl (C=O) groups excluding carboxylic acids is 2. The Labute approximate surface area is 211 Å². The van der Waals surface area contributed by atoms with Crippen LogP contribution in [0.1, 0.15) is 36.7 Å². The second-order valence-electron chi connectivity index (χ2n) is 9.18. The van der Waals surface area contributed by atoms with Gasteiger partial charge in [-0.2, -0.15) is 13.2 Å². The molecule has 0 aromatic carbocycles. The maximum atomic E-state index is 13.4. The second-order valence-corrected chi connectivity index (χ2v) is 9.18. The van der Waals surface area contributed by atoms with Gasteiger partial charge in [0.1, 0.15) is 30.0 Å². The van der Waals surface area contributed by atoms with Crippen LogP contribution < -0.4 is 19.9 Å². The maximum absolute atomic E-state index is 13.4. The molecule has 0 spiro atoms. The number of amides is 2. The first-order valence-corrected chi connectivity index (χ1v) is 11.9. The number of halogens is 3. The molecule has 0 unspecified atom stereocenters. The summed E-state index contributed by atoms with van der Waals surface area (Å²) in [6.45, 7) is 1.62. The van der Waals surface area contributed by atoms with Crippen LogP contribution in [0.3, 0.4) is 0 Å². The van der Waals surface area contributed by atoms with Crippen LogP contribution in [0.5, 0.6) is 5.75 Å². The van der Waals surface area contributed by atoms with E-state index in [4.69, 9.17) is 9.84 Å². The summed E-state index contributed by atoms with van der Waals surface area (Å²) >= 11 is 0. The molecular formula is C24H28F3N5O5. The van der Waals surface area contributed by atoms with Crippen molar-refractivity contribution in [1.29, 1.82) is 0 Å². The van der Waals surface area contributed by atoms with E-state index in [0.717, 1.165) is 19.9 Å². The number of aliphatic hydroxyl groups is 2. The van der Waals surface area contributed by atoms with Crippen molar-refractivity contribution in [1.82, 2.24) is 9.97 Å². The first-order valence-electron chi connectivity index (χ1n) is 11.9. The standard InChI is InChI=1S/C24H28F3N5O5/c1-14(24(25,26)27)9-20(35)18-4-5-19-22(29-18)32(15-3-2-8-31(19)11-15)23(36)30-21-10-17(6-7-28-21)37-13-16(34)12-33/h4-7,10,14-16,33-34H,2-3,8-9,11-13H2,1H3,(H,28,30,36)/t14-,15-,16+/m0/s1. The molecule has 200 valence electrons. The number of carbonyl (C=O) groups is 2. The lowest BCUT2D eigenvalue weighted by atomic mass is 9.98. The Morgan fingerprint density at radius 2 is 2.08 bits per heavy atom. The molecule has 1 fully saturated rings. The van der Waals surface area contributed by atoms with Crippen LogP contribution in [0.2, 0.25) is 0 Å². The molecule has 2 aliphatic heterocycles. The fourth-order valence-electron chi connectivity index (χ4n) is 4.32. The molecule has 2 bridgehead atoms. The third-order valence-electron chi connectivity index (χ3n) is 6.36. The van der Waals surface area contributed by atoms with Gasteiger partial charge in [-0.15, -0.1) is 0 Å². The minimum absolute atomic E-state index is 0.134. The molecule has 2 aromatic rings. The molecule has 2 aliphatic rings. The summed E-state index contributed by atoms with van der Waals surface area (Å²) in [5, 5.41) is 21.1. The molecule has 0 radical (unpaired) electrons. The number of ketones is 1. The summed E-state index contributed by atoms with van der Waals surface area (Å²) in [5.41, 5.74) is 0.486. The predicted octanol–water partition coefficient (Wildman–Crippen LogP) is 3.00. The number of anilines is 3. The van der Waals surface area contributed by atoms with Gasteiger partial charge in [0.25, 0.3) is 0 Å². The molecule has 3 N–H and O–H groups in total. The normalized spacial score (nSPS) is 18.6. The summed E-state index contributed by atoms with van der Waals surface area (Å²) in [6.07, 6.45) is -3.39. The minimum atomic E-state index is -4.50. The van der Waals surface area contributed by atoms with E-state index in [1.807, 2.05) is 4.90 Å². The molecule has 4 heterocycles. The molecule has 2 amide bonds. The van der Waals surface area contributed by atoms with Gasteiger partial charge in [-0.3, -0.25) is 15.0 Å². The third-order valence-corrected chi connectivity index (χ3v) is 6.36. The van der Waals surface area contributed by atoms with Gasteiger partial charge in [0.15, 0.2) is 11.6 Å². The number of rotatable bonds is 8. The fraction of sp³-hybridized carbons (Fsp3) is 0.500. The van der Waals surface area contributed by atoms with Crippen LogP contribution in [0, 0.1) is 5.92 Å². The van der Waals surface area contributed by atoms with Crippen molar-refractivity contribution < 1.29 is 37.7 Å². The van der Waals surface area contributed by atoms with E-state index in [0.29, 0.717) is 24.4 Å². The summed E-state index contributed by atoms with van der Waals surface area (Å²) in [4.78, 5) is 38.0. The summed E-state index contributed by atoms with van der Waals surface area (Å²) in [5.74, 6) is -1.90. The van der Waals surface area contributed by atoms with E-state index >= 15 is 0 Å². The number of pyridine rings is 2. The van der Waals surface area contributed by atoms with Gasteiger partial charge in [-0.05, 0) is 31.0 Å². The van der Waals surface area contributed by atoms with Crippen molar-refractivity contribution in [2.45, 2.75) is 44.5 Å². The molecule has 37 heavy (non-hydrogen) atoms. The highest BCUT2D eigenvalue weighted by Gasteiger charge is 2.40. The van der Waals surface area contributed by atoms with Gasteiger partial charge >= 0.3 is 12.2 Å². The van der Waals surface area contributed by atoms with Crippen molar-refractivity contribution >= 4 is 29.1 Å². The number of Topliss-reactive ketones (excluding diaryl/α,β-unsaturated/α-hetero) is 1. The number of aliphatic hydroxyl groups excluding tert-OH is 2. The zero-order valence-electron chi connectivity index (χ0n) is 20.1. The Hall–Kier alpha value is -3.45. The van der Waals surface area contributed by atoms with Crippen LogP contribution in [0.4, 0.5) is 35.3 Å². The number of urea groups is 1. The molecular weight excluding hydrogens is 495 g/mol. The monoisotopic (exact) mass is 523 g/mol. The molecule has 3 atom stereocenters. The van der Waals surface area contributed by atoms with Crippen LogP contribution in [0.15, 0.2) is 30.5 Å². The van der Waals surface area contributed by atoms with Crippen molar-refractivity contribution in [3.8, 4) is 5.75 Å². The number of aromatic nitrogens is 2. The number of piperidine rings is 1. The maximum Gasteiger partial charge on any atom is 0.391 e. The zero-order valence-corrected chi connectivity index (χ0v) is 20.1. The van der Waals surface area contributed by atoms with Crippen molar-refractivity contribution in [2.24, 2.45) is 5.92 Å². The fourth-order valence-corrected chi connectivity index (χ4v) is 4.32. The van der Waals surface area contributed by atoms with Crippen LogP contribution >= 0.6 is 0 Å². The highest BCUT2D eigenvalue weighted by Crippen LogP contribution is 2.39. The molecule has 10 nitrogen and oxygen atoms in total. The Balaban J connectivity index is 1.57.